The number of carboxylic acids is 1. The van der Waals surface area contributed by atoms with Crippen LogP contribution < -0.4 is 4.90 Å². The zero-order chi connectivity index (χ0) is 14.7. The lowest BCUT2D eigenvalue weighted by atomic mass is 10.1. The van der Waals surface area contributed by atoms with Crippen LogP contribution in [0.15, 0.2) is 24.3 Å². The number of benzene rings is 1. The fourth-order valence-electron chi connectivity index (χ4n) is 2.69. The normalized spacial score (nSPS) is 16.9. The van der Waals surface area contributed by atoms with E-state index in [0.717, 1.165) is 11.3 Å². The quantitative estimate of drug-likeness (QED) is 0.882. The molecule has 1 aliphatic rings. The summed E-state index contributed by atoms with van der Waals surface area (Å²) in [5.74, 6) is -0.911. The minimum atomic E-state index is -0.881. The zero-order valence-corrected chi connectivity index (χ0v) is 11.9. The van der Waals surface area contributed by atoms with Crippen molar-refractivity contribution in [3.8, 4) is 0 Å². The van der Waals surface area contributed by atoms with Crippen LogP contribution in [-0.4, -0.2) is 47.6 Å². The molecule has 108 valence electrons. The van der Waals surface area contributed by atoms with Gasteiger partial charge in [0.25, 0.3) is 0 Å². The molecule has 0 saturated heterocycles. The lowest BCUT2D eigenvalue weighted by molar-refractivity contribution is -0.138. The van der Waals surface area contributed by atoms with Gasteiger partial charge in [-0.2, -0.15) is 0 Å². The van der Waals surface area contributed by atoms with Crippen molar-refractivity contribution in [2.24, 2.45) is 0 Å². The Kier molecular flexibility index (Phi) is 4.27. The second-order valence-corrected chi connectivity index (χ2v) is 4.88. The van der Waals surface area contributed by atoms with Gasteiger partial charge in [-0.1, -0.05) is 18.2 Å². The third kappa shape index (κ3) is 2.61. The Balaban J connectivity index is 2.23. The Bertz CT molecular complexity index is 512. The van der Waals surface area contributed by atoms with Crippen LogP contribution in [0.2, 0.25) is 0 Å². The summed E-state index contributed by atoms with van der Waals surface area (Å²) in [6.07, 6.45) is 0.455. The highest BCUT2D eigenvalue weighted by molar-refractivity contribution is 5.88. The van der Waals surface area contributed by atoms with E-state index in [4.69, 9.17) is 0 Å². The molecule has 20 heavy (non-hydrogen) atoms. The highest BCUT2D eigenvalue weighted by Gasteiger charge is 2.35. The number of aliphatic carboxylic acids is 1. The van der Waals surface area contributed by atoms with E-state index in [9.17, 15) is 14.7 Å². The van der Waals surface area contributed by atoms with Crippen LogP contribution in [0, 0.1) is 0 Å². The maximum absolute atomic E-state index is 12.2. The molecule has 1 amide bonds. The largest absolute Gasteiger partial charge is 0.480 e. The summed E-state index contributed by atoms with van der Waals surface area (Å²) in [6.45, 7) is 5.25. The highest BCUT2D eigenvalue weighted by atomic mass is 16.4. The second-order valence-electron chi connectivity index (χ2n) is 4.88. The van der Waals surface area contributed by atoms with Gasteiger partial charge in [-0.3, -0.25) is 4.79 Å². The summed E-state index contributed by atoms with van der Waals surface area (Å²) >= 11 is 0. The molecule has 0 saturated carbocycles. The molecule has 0 radical (unpaired) electrons. The predicted octanol–water partition coefficient (Wildman–Crippen LogP) is 1.37. The minimum absolute atomic E-state index is 0.0297. The van der Waals surface area contributed by atoms with Crippen molar-refractivity contribution in [2.75, 3.05) is 24.5 Å². The van der Waals surface area contributed by atoms with Crippen LogP contribution in [0.5, 0.6) is 0 Å². The van der Waals surface area contributed by atoms with Crippen molar-refractivity contribution in [1.82, 2.24) is 4.90 Å². The van der Waals surface area contributed by atoms with Gasteiger partial charge in [-0.05, 0) is 25.5 Å². The molecular weight excluding hydrogens is 256 g/mol. The Labute approximate surface area is 118 Å². The number of fused-ring (bicyclic) bond motifs is 1. The molecule has 5 heteroatoms. The maximum atomic E-state index is 12.2. The first-order valence-corrected chi connectivity index (χ1v) is 6.93. The summed E-state index contributed by atoms with van der Waals surface area (Å²) < 4.78 is 0. The minimum Gasteiger partial charge on any atom is -0.480 e. The zero-order valence-electron chi connectivity index (χ0n) is 11.9. The van der Waals surface area contributed by atoms with E-state index < -0.39 is 12.0 Å². The SMILES string of the molecule is CCN(CC)C(=O)CN1c2ccccc2CC1C(=O)O. The van der Waals surface area contributed by atoms with Crippen molar-refractivity contribution in [3.05, 3.63) is 29.8 Å². The average Bonchev–Trinajstić information content (AvgIpc) is 2.79. The number of carbonyl (C=O) groups excluding carboxylic acids is 1. The Morgan fingerprint density at radius 2 is 1.95 bits per heavy atom. The third-order valence-electron chi connectivity index (χ3n) is 3.80. The number of hydrogen-bond donors (Lipinski definition) is 1. The van der Waals surface area contributed by atoms with Crippen LogP contribution in [0.4, 0.5) is 5.69 Å². The molecule has 1 heterocycles. The van der Waals surface area contributed by atoms with E-state index >= 15 is 0 Å². The first kappa shape index (κ1) is 14.4. The molecule has 2 rings (SSSR count). The number of carboxylic acid groups (broad SMARTS) is 1. The number of carbonyl (C=O) groups is 2. The van der Waals surface area contributed by atoms with Crippen molar-refractivity contribution >= 4 is 17.6 Å². The van der Waals surface area contributed by atoms with Gasteiger partial charge in [0.2, 0.25) is 5.91 Å². The number of rotatable bonds is 5. The first-order valence-electron chi connectivity index (χ1n) is 6.93. The number of amides is 1. The van der Waals surface area contributed by atoms with Gasteiger partial charge < -0.3 is 14.9 Å². The molecule has 0 spiro atoms. The Morgan fingerprint density at radius 1 is 1.30 bits per heavy atom. The van der Waals surface area contributed by atoms with E-state index in [1.165, 1.54) is 0 Å². The van der Waals surface area contributed by atoms with Crippen molar-refractivity contribution in [1.29, 1.82) is 0 Å². The number of likely N-dealkylation sites (N-methyl/N-ethyl adjacent to an activating group) is 1. The average molecular weight is 276 g/mol. The van der Waals surface area contributed by atoms with Crippen LogP contribution in [0.25, 0.3) is 0 Å². The van der Waals surface area contributed by atoms with Crippen LogP contribution in [0.1, 0.15) is 19.4 Å². The molecule has 0 bridgehead atoms. The van der Waals surface area contributed by atoms with Crippen LogP contribution in [0.3, 0.4) is 0 Å². The molecule has 0 aliphatic carbocycles. The van der Waals surface area contributed by atoms with Crippen LogP contribution >= 0.6 is 0 Å². The molecule has 0 aromatic heterocycles. The summed E-state index contributed by atoms with van der Waals surface area (Å²) in [4.78, 5) is 27.1. The van der Waals surface area contributed by atoms with E-state index in [2.05, 4.69) is 0 Å². The van der Waals surface area contributed by atoms with Gasteiger partial charge in [-0.15, -0.1) is 0 Å². The van der Waals surface area contributed by atoms with Crippen molar-refractivity contribution in [3.63, 3.8) is 0 Å². The van der Waals surface area contributed by atoms with Gasteiger partial charge in [0.15, 0.2) is 0 Å². The molecule has 1 aromatic carbocycles. The fraction of sp³-hybridized carbons (Fsp3) is 0.467. The van der Waals surface area contributed by atoms with Gasteiger partial charge >= 0.3 is 5.97 Å². The maximum Gasteiger partial charge on any atom is 0.326 e. The summed E-state index contributed by atoms with van der Waals surface area (Å²) in [7, 11) is 0. The Morgan fingerprint density at radius 3 is 2.55 bits per heavy atom. The van der Waals surface area contributed by atoms with E-state index in [1.54, 1.807) is 9.80 Å². The van der Waals surface area contributed by atoms with Crippen LogP contribution in [-0.2, 0) is 16.0 Å². The summed E-state index contributed by atoms with van der Waals surface area (Å²) in [6, 6.07) is 6.93. The lowest BCUT2D eigenvalue weighted by Gasteiger charge is -2.27. The molecule has 1 aromatic rings. The molecule has 5 nitrogen and oxygen atoms in total. The summed E-state index contributed by atoms with van der Waals surface area (Å²) in [5, 5.41) is 9.36. The topological polar surface area (TPSA) is 60.9 Å². The molecule has 1 atom stereocenters. The Hall–Kier alpha value is -2.04. The third-order valence-corrected chi connectivity index (χ3v) is 3.80. The van der Waals surface area contributed by atoms with Gasteiger partial charge in [0.05, 0.1) is 6.54 Å². The van der Waals surface area contributed by atoms with Gasteiger partial charge in [0.1, 0.15) is 6.04 Å². The number of hydrogen-bond acceptors (Lipinski definition) is 3. The number of para-hydroxylation sites is 1. The number of nitrogens with zero attached hydrogens (tertiary/aromatic N) is 2. The molecular formula is C15H20N2O3. The van der Waals surface area contributed by atoms with E-state index in [0.29, 0.717) is 19.5 Å². The highest BCUT2D eigenvalue weighted by Crippen LogP contribution is 2.31. The van der Waals surface area contributed by atoms with Gasteiger partial charge in [-0.25, -0.2) is 4.79 Å². The van der Waals surface area contributed by atoms with Crippen molar-refractivity contribution in [2.45, 2.75) is 26.3 Å². The fourth-order valence-corrected chi connectivity index (χ4v) is 2.69. The standard InChI is InChI=1S/C15H20N2O3/c1-3-16(4-2)14(18)10-17-12-8-6-5-7-11(12)9-13(17)15(19)20/h5-8,13H,3-4,9-10H2,1-2H3,(H,19,20). The van der Waals surface area contributed by atoms with Gasteiger partial charge in [0, 0.05) is 25.2 Å². The number of anilines is 1. The summed E-state index contributed by atoms with van der Waals surface area (Å²) in [5.41, 5.74) is 1.85. The van der Waals surface area contributed by atoms with E-state index in [1.807, 2.05) is 38.1 Å². The molecule has 1 aliphatic heterocycles. The first-order chi connectivity index (χ1) is 9.58. The molecule has 0 fully saturated rings. The smallest absolute Gasteiger partial charge is 0.326 e. The van der Waals surface area contributed by atoms with E-state index in [-0.39, 0.29) is 12.5 Å². The predicted molar refractivity (Wildman–Crippen MR) is 76.8 cm³/mol. The second kappa shape index (κ2) is 5.94. The van der Waals surface area contributed by atoms with Crippen molar-refractivity contribution < 1.29 is 14.7 Å². The molecule has 1 N–H and O–H groups in total. The lowest BCUT2D eigenvalue weighted by Crippen LogP contribution is -2.46. The monoisotopic (exact) mass is 276 g/mol. The molecule has 1 unspecified atom stereocenters.